The molecule has 0 unspecified atom stereocenters. The van der Waals surface area contributed by atoms with Crippen LogP contribution in [0.15, 0.2) is 46.9 Å². The molecule has 21 heavy (non-hydrogen) atoms. The summed E-state index contributed by atoms with van der Waals surface area (Å²) in [5, 5.41) is 5.21. The van der Waals surface area contributed by atoms with Gasteiger partial charge in [0.2, 0.25) is 0 Å². The fraction of sp³-hybridized carbons (Fsp3) is 0.125. The summed E-state index contributed by atoms with van der Waals surface area (Å²) in [5.74, 6) is -1.38. The lowest BCUT2D eigenvalue weighted by molar-refractivity contribution is -0.133. The van der Waals surface area contributed by atoms with Crippen LogP contribution in [0.4, 0.5) is 11.4 Å². The van der Waals surface area contributed by atoms with Crippen LogP contribution < -0.4 is 10.6 Å². The molecule has 0 bridgehead atoms. The largest absolute Gasteiger partial charge is 0.318 e. The number of anilines is 2. The number of hydrogen-bond acceptors (Lipinski definition) is 2. The first-order valence-electron chi connectivity index (χ1n) is 6.41. The van der Waals surface area contributed by atoms with E-state index in [0.717, 1.165) is 15.6 Å². The smallest absolute Gasteiger partial charge is 0.314 e. The predicted molar refractivity (Wildman–Crippen MR) is 87.3 cm³/mol. The van der Waals surface area contributed by atoms with Crippen molar-refractivity contribution in [2.24, 2.45) is 0 Å². The van der Waals surface area contributed by atoms with Crippen molar-refractivity contribution in [2.45, 2.75) is 13.8 Å². The first-order chi connectivity index (χ1) is 9.97. The van der Waals surface area contributed by atoms with Crippen molar-refractivity contribution in [3.8, 4) is 0 Å². The van der Waals surface area contributed by atoms with Gasteiger partial charge in [-0.3, -0.25) is 9.59 Å². The third-order valence-electron chi connectivity index (χ3n) is 3.03. The number of aryl methyl sites for hydroxylation is 2. The Hall–Kier alpha value is -2.14. The summed E-state index contributed by atoms with van der Waals surface area (Å²) in [6, 6.07) is 12.7. The molecule has 0 saturated heterocycles. The number of rotatable bonds is 2. The van der Waals surface area contributed by atoms with E-state index in [1.165, 1.54) is 0 Å². The average Bonchev–Trinajstić information content (AvgIpc) is 2.45. The molecule has 2 aromatic rings. The number of nitrogens with one attached hydrogen (secondary N) is 2. The van der Waals surface area contributed by atoms with Crippen LogP contribution in [-0.2, 0) is 9.59 Å². The second kappa shape index (κ2) is 6.54. The van der Waals surface area contributed by atoms with Gasteiger partial charge in [-0.15, -0.1) is 0 Å². The first kappa shape index (κ1) is 15.3. The fourth-order valence-electron chi connectivity index (χ4n) is 1.90. The zero-order valence-electron chi connectivity index (χ0n) is 11.7. The summed E-state index contributed by atoms with van der Waals surface area (Å²) < 4.78 is 0.903. The summed E-state index contributed by atoms with van der Waals surface area (Å²) in [4.78, 5) is 23.8. The Morgan fingerprint density at radius 2 is 1.38 bits per heavy atom. The van der Waals surface area contributed by atoms with Crippen LogP contribution in [0.5, 0.6) is 0 Å². The maximum atomic E-state index is 12.0. The number of benzene rings is 2. The Labute approximate surface area is 131 Å². The third kappa shape index (κ3) is 3.92. The molecule has 0 fully saturated rings. The normalized spacial score (nSPS) is 10.0. The van der Waals surface area contributed by atoms with E-state index in [1.54, 1.807) is 24.3 Å². The van der Waals surface area contributed by atoms with E-state index in [9.17, 15) is 9.59 Å². The van der Waals surface area contributed by atoms with Gasteiger partial charge in [-0.1, -0.05) is 34.1 Å². The number of carbonyl (C=O) groups excluding carboxylic acids is 2. The summed E-state index contributed by atoms with van der Waals surface area (Å²) in [5.41, 5.74) is 3.08. The molecule has 0 heterocycles. The molecule has 0 saturated carbocycles. The average molecular weight is 347 g/mol. The number of para-hydroxylation sites is 1. The van der Waals surface area contributed by atoms with Gasteiger partial charge < -0.3 is 10.6 Å². The SMILES string of the molecule is Cc1cccc(C)c1NC(=O)C(=O)Nc1ccc(Br)cc1. The van der Waals surface area contributed by atoms with E-state index >= 15 is 0 Å². The standard InChI is InChI=1S/C16H15BrN2O2/c1-10-4-3-5-11(2)14(10)19-16(21)15(20)18-13-8-6-12(17)7-9-13/h3-9H,1-2H3,(H,18,20)(H,19,21). The van der Waals surface area contributed by atoms with Crippen LogP contribution in [0, 0.1) is 13.8 Å². The summed E-state index contributed by atoms with van der Waals surface area (Å²) >= 11 is 3.31. The van der Waals surface area contributed by atoms with E-state index in [0.29, 0.717) is 11.4 Å². The Kier molecular flexibility index (Phi) is 4.75. The highest BCUT2D eigenvalue weighted by Gasteiger charge is 2.15. The minimum Gasteiger partial charge on any atom is -0.318 e. The molecule has 0 radical (unpaired) electrons. The molecule has 2 rings (SSSR count). The second-order valence-corrected chi connectivity index (χ2v) is 5.60. The molecule has 2 N–H and O–H groups in total. The van der Waals surface area contributed by atoms with Crippen LogP contribution in [0.2, 0.25) is 0 Å². The highest BCUT2D eigenvalue weighted by atomic mass is 79.9. The van der Waals surface area contributed by atoms with Crippen LogP contribution >= 0.6 is 15.9 Å². The Bertz CT molecular complexity index is 661. The maximum absolute atomic E-state index is 12.0. The monoisotopic (exact) mass is 346 g/mol. The predicted octanol–water partition coefficient (Wildman–Crippen LogP) is 3.64. The van der Waals surface area contributed by atoms with Gasteiger partial charge in [0.25, 0.3) is 0 Å². The van der Waals surface area contributed by atoms with Gasteiger partial charge in [-0.25, -0.2) is 0 Å². The summed E-state index contributed by atoms with van der Waals surface area (Å²) in [7, 11) is 0. The van der Waals surface area contributed by atoms with Crippen molar-refractivity contribution in [3.05, 3.63) is 58.1 Å². The molecule has 5 heteroatoms. The molecule has 108 valence electrons. The first-order valence-corrected chi connectivity index (χ1v) is 7.21. The molecule has 0 spiro atoms. The van der Waals surface area contributed by atoms with Gasteiger partial charge in [-0.05, 0) is 49.2 Å². The Morgan fingerprint density at radius 3 is 1.95 bits per heavy atom. The molecule has 2 amide bonds. The van der Waals surface area contributed by atoms with Crippen molar-refractivity contribution in [2.75, 3.05) is 10.6 Å². The van der Waals surface area contributed by atoms with Gasteiger partial charge >= 0.3 is 11.8 Å². The van der Waals surface area contributed by atoms with E-state index in [4.69, 9.17) is 0 Å². The van der Waals surface area contributed by atoms with Crippen molar-refractivity contribution in [1.29, 1.82) is 0 Å². The van der Waals surface area contributed by atoms with Crippen LogP contribution in [0.25, 0.3) is 0 Å². The topological polar surface area (TPSA) is 58.2 Å². The van der Waals surface area contributed by atoms with Crippen molar-refractivity contribution in [3.63, 3.8) is 0 Å². The number of hydrogen-bond donors (Lipinski definition) is 2. The Balaban J connectivity index is 2.06. The Morgan fingerprint density at radius 1 is 0.857 bits per heavy atom. The highest BCUT2D eigenvalue weighted by molar-refractivity contribution is 9.10. The lowest BCUT2D eigenvalue weighted by Gasteiger charge is -2.11. The van der Waals surface area contributed by atoms with Crippen LogP contribution in [-0.4, -0.2) is 11.8 Å². The van der Waals surface area contributed by atoms with Crippen molar-refractivity contribution in [1.82, 2.24) is 0 Å². The van der Waals surface area contributed by atoms with Gasteiger partial charge in [0.15, 0.2) is 0 Å². The minimum atomic E-state index is -0.694. The molecule has 4 nitrogen and oxygen atoms in total. The summed E-state index contributed by atoms with van der Waals surface area (Å²) in [6.07, 6.45) is 0. The molecular weight excluding hydrogens is 332 g/mol. The zero-order valence-corrected chi connectivity index (χ0v) is 13.3. The van der Waals surface area contributed by atoms with Crippen molar-refractivity contribution < 1.29 is 9.59 Å². The fourth-order valence-corrected chi connectivity index (χ4v) is 2.17. The lowest BCUT2D eigenvalue weighted by atomic mass is 10.1. The van der Waals surface area contributed by atoms with E-state index in [2.05, 4.69) is 26.6 Å². The zero-order chi connectivity index (χ0) is 15.4. The maximum Gasteiger partial charge on any atom is 0.314 e. The number of halogens is 1. The van der Waals surface area contributed by atoms with Gasteiger partial charge in [0.1, 0.15) is 0 Å². The van der Waals surface area contributed by atoms with Crippen LogP contribution in [0.3, 0.4) is 0 Å². The van der Waals surface area contributed by atoms with E-state index in [1.807, 2.05) is 32.0 Å². The number of amides is 2. The quantitative estimate of drug-likeness (QED) is 0.815. The number of carbonyl (C=O) groups is 2. The van der Waals surface area contributed by atoms with Crippen molar-refractivity contribution >= 4 is 39.1 Å². The molecule has 0 atom stereocenters. The second-order valence-electron chi connectivity index (χ2n) is 4.68. The molecular formula is C16H15BrN2O2. The van der Waals surface area contributed by atoms with Gasteiger partial charge in [0.05, 0.1) is 0 Å². The van der Waals surface area contributed by atoms with Crippen LogP contribution in [0.1, 0.15) is 11.1 Å². The minimum absolute atomic E-state index is 0.569. The van der Waals surface area contributed by atoms with Gasteiger partial charge in [0, 0.05) is 15.8 Å². The molecule has 0 aliphatic carbocycles. The van der Waals surface area contributed by atoms with E-state index in [-0.39, 0.29) is 0 Å². The summed E-state index contributed by atoms with van der Waals surface area (Å²) in [6.45, 7) is 3.77. The molecule has 0 aliphatic heterocycles. The highest BCUT2D eigenvalue weighted by Crippen LogP contribution is 2.19. The third-order valence-corrected chi connectivity index (χ3v) is 3.56. The molecule has 2 aromatic carbocycles. The molecule has 0 aromatic heterocycles. The van der Waals surface area contributed by atoms with E-state index < -0.39 is 11.8 Å². The molecule has 0 aliphatic rings. The lowest BCUT2D eigenvalue weighted by Crippen LogP contribution is -2.29. The van der Waals surface area contributed by atoms with Gasteiger partial charge in [-0.2, -0.15) is 0 Å².